The van der Waals surface area contributed by atoms with E-state index in [0.29, 0.717) is 10.8 Å². The van der Waals surface area contributed by atoms with Crippen LogP contribution in [0.2, 0.25) is 5.15 Å². The summed E-state index contributed by atoms with van der Waals surface area (Å²) in [5, 5.41) is 7.18. The molecule has 0 spiro atoms. The van der Waals surface area contributed by atoms with Crippen LogP contribution in [0.4, 0.5) is 24.5 Å². The zero-order chi connectivity index (χ0) is 19.9. The summed E-state index contributed by atoms with van der Waals surface area (Å²) in [7, 11) is 0. The standard InChI is InChI=1S/C19H19ClF3N5/c1-2-24-18(19(21,22)23)12-5-7-13(8-6-12)27-9-3-4-14-15(27)11-25-17-10-16(20)26-28(14)17/h5-8,10-11,18,24H,2-4,9H2,1H3/t18-/m0/s1. The fraction of sp³-hybridized carbons (Fsp3) is 0.368. The molecule has 1 aliphatic heterocycles. The Morgan fingerprint density at radius 1 is 1.25 bits per heavy atom. The minimum absolute atomic E-state index is 0.197. The van der Waals surface area contributed by atoms with E-state index in [4.69, 9.17) is 11.6 Å². The van der Waals surface area contributed by atoms with E-state index in [-0.39, 0.29) is 12.1 Å². The van der Waals surface area contributed by atoms with Crippen LogP contribution in [-0.2, 0) is 6.42 Å². The normalized spacial score (nSPS) is 15.7. The van der Waals surface area contributed by atoms with Crippen LogP contribution in [0.25, 0.3) is 5.65 Å². The number of benzene rings is 1. The minimum Gasteiger partial charge on any atom is -0.339 e. The average molecular weight is 410 g/mol. The van der Waals surface area contributed by atoms with E-state index in [1.54, 1.807) is 35.8 Å². The molecule has 28 heavy (non-hydrogen) atoms. The summed E-state index contributed by atoms with van der Waals surface area (Å²) in [5.74, 6) is 0. The third-order valence-electron chi connectivity index (χ3n) is 4.89. The van der Waals surface area contributed by atoms with Crippen LogP contribution in [0.15, 0.2) is 36.5 Å². The maximum Gasteiger partial charge on any atom is 0.407 e. The van der Waals surface area contributed by atoms with Crippen LogP contribution < -0.4 is 10.2 Å². The van der Waals surface area contributed by atoms with Gasteiger partial charge in [-0.2, -0.15) is 18.3 Å². The van der Waals surface area contributed by atoms with Gasteiger partial charge < -0.3 is 10.2 Å². The van der Waals surface area contributed by atoms with Crippen molar-refractivity contribution in [1.82, 2.24) is 19.9 Å². The highest BCUT2D eigenvalue weighted by Crippen LogP contribution is 2.36. The minimum atomic E-state index is -4.34. The van der Waals surface area contributed by atoms with Gasteiger partial charge in [-0.25, -0.2) is 9.50 Å². The predicted molar refractivity (Wildman–Crippen MR) is 102 cm³/mol. The molecule has 148 valence electrons. The summed E-state index contributed by atoms with van der Waals surface area (Å²) in [6.45, 7) is 2.65. The number of fused-ring (bicyclic) bond motifs is 3. The molecule has 1 aliphatic rings. The summed E-state index contributed by atoms with van der Waals surface area (Å²) >= 11 is 6.01. The first-order valence-corrected chi connectivity index (χ1v) is 9.47. The molecule has 4 rings (SSSR count). The molecule has 0 aliphatic carbocycles. The maximum atomic E-state index is 13.3. The number of alkyl halides is 3. The van der Waals surface area contributed by atoms with Gasteiger partial charge in [-0.05, 0) is 37.1 Å². The molecule has 1 atom stereocenters. The van der Waals surface area contributed by atoms with Gasteiger partial charge in [0.05, 0.1) is 17.6 Å². The van der Waals surface area contributed by atoms with Gasteiger partial charge in [-0.15, -0.1) is 0 Å². The zero-order valence-electron chi connectivity index (χ0n) is 15.2. The first-order chi connectivity index (χ1) is 13.4. The number of anilines is 2. The zero-order valence-corrected chi connectivity index (χ0v) is 15.9. The number of halogens is 4. The molecule has 0 fully saturated rings. The van der Waals surface area contributed by atoms with Gasteiger partial charge in [-0.1, -0.05) is 30.7 Å². The lowest BCUT2D eigenvalue weighted by Crippen LogP contribution is -2.34. The van der Waals surface area contributed by atoms with Gasteiger partial charge in [0.15, 0.2) is 10.8 Å². The number of hydrogen-bond donors (Lipinski definition) is 1. The summed E-state index contributed by atoms with van der Waals surface area (Å²) in [5.41, 5.74) is 3.59. The van der Waals surface area contributed by atoms with Crippen LogP contribution >= 0.6 is 11.6 Å². The maximum absolute atomic E-state index is 13.3. The highest BCUT2D eigenvalue weighted by atomic mass is 35.5. The van der Waals surface area contributed by atoms with Crippen LogP contribution in [0, 0.1) is 0 Å². The topological polar surface area (TPSA) is 45.5 Å². The lowest BCUT2D eigenvalue weighted by molar-refractivity contribution is -0.157. The Kier molecular flexibility index (Phi) is 4.93. The van der Waals surface area contributed by atoms with E-state index < -0.39 is 12.2 Å². The lowest BCUT2D eigenvalue weighted by Gasteiger charge is -2.31. The first-order valence-electron chi connectivity index (χ1n) is 9.09. The molecule has 1 aromatic carbocycles. The fourth-order valence-corrected chi connectivity index (χ4v) is 3.84. The molecule has 1 N–H and O–H groups in total. The third-order valence-corrected chi connectivity index (χ3v) is 5.08. The molecule has 0 saturated carbocycles. The third kappa shape index (κ3) is 3.42. The second kappa shape index (κ2) is 7.25. The first kappa shape index (κ1) is 19.0. The van der Waals surface area contributed by atoms with E-state index in [9.17, 15) is 13.2 Å². The number of nitrogens with zero attached hydrogens (tertiary/aromatic N) is 4. The van der Waals surface area contributed by atoms with Crippen molar-refractivity contribution in [2.24, 2.45) is 0 Å². The largest absolute Gasteiger partial charge is 0.407 e. The van der Waals surface area contributed by atoms with E-state index in [2.05, 4.69) is 20.3 Å². The van der Waals surface area contributed by atoms with Crippen molar-refractivity contribution in [2.45, 2.75) is 32.0 Å². The molecular weight excluding hydrogens is 391 g/mol. The predicted octanol–water partition coefficient (Wildman–Crippen LogP) is 4.68. The van der Waals surface area contributed by atoms with Crippen molar-refractivity contribution in [3.8, 4) is 0 Å². The number of hydrogen-bond acceptors (Lipinski definition) is 4. The molecule has 0 unspecified atom stereocenters. The molecule has 9 heteroatoms. The number of nitrogens with one attached hydrogen (secondary N) is 1. The van der Waals surface area contributed by atoms with Gasteiger partial charge in [0.1, 0.15) is 6.04 Å². The fourth-order valence-electron chi connectivity index (χ4n) is 3.67. The molecular formula is C19H19ClF3N5. The van der Waals surface area contributed by atoms with Gasteiger partial charge in [0.2, 0.25) is 0 Å². The van der Waals surface area contributed by atoms with E-state index >= 15 is 0 Å². The van der Waals surface area contributed by atoms with Crippen molar-refractivity contribution < 1.29 is 13.2 Å². The van der Waals surface area contributed by atoms with Gasteiger partial charge in [-0.3, -0.25) is 0 Å². The number of rotatable bonds is 4. The van der Waals surface area contributed by atoms with Crippen molar-refractivity contribution >= 4 is 28.6 Å². The van der Waals surface area contributed by atoms with Crippen LogP contribution in [0.1, 0.15) is 30.6 Å². The molecule has 0 amide bonds. The second-order valence-corrected chi connectivity index (χ2v) is 7.09. The Morgan fingerprint density at radius 3 is 2.68 bits per heavy atom. The summed E-state index contributed by atoms with van der Waals surface area (Å²) in [6.07, 6.45) is -0.845. The van der Waals surface area contributed by atoms with Crippen LogP contribution in [-0.4, -0.2) is 33.9 Å². The van der Waals surface area contributed by atoms with Gasteiger partial charge in [0, 0.05) is 18.3 Å². The monoisotopic (exact) mass is 409 g/mol. The molecule has 0 radical (unpaired) electrons. The summed E-state index contributed by atoms with van der Waals surface area (Å²) in [6, 6.07) is 6.53. The molecule has 0 bridgehead atoms. The highest BCUT2D eigenvalue weighted by molar-refractivity contribution is 6.29. The Bertz CT molecular complexity index is 984. The number of aryl methyl sites for hydroxylation is 1. The summed E-state index contributed by atoms with van der Waals surface area (Å²) in [4.78, 5) is 6.47. The number of aromatic nitrogens is 3. The van der Waals surface area contributed by atoms with E-state index in [0.717, 1.165) is 36.5 Å². The van der Waals surface area contributed by atoms with E-state index in [1.165, 1.54) is 12.1 Å². The summed E-state index contributed by atoms with van der Waals surface area (Å²) < 4.78 is 41.6. The Morgan fingerprint density at radius 2 is 2.00 bits per heavy atom. The Hall–Kier alpha value is -2.32. The van der Waals surface area contributed by atoms with Crippen molar-refractivity contribution in [3.05, 3.63) is 52.9 Å². The lowest BCUT2D eigenvalue weighted by atomic mass is 10.0. The highest BCUT2D eigenvalue weighted by Gasteiger charge is 2.40. The Labute approximate surface area is 165 Å². The van der Waals surface area contributed by atoms with Crippen LogP contribution in [0.3, 0.4) is 0 Å². The SMILES string of the molecule is CCN[C@@H](c1ccc(N2CCCc3c2cnc2cc(Cl)nn32)cc1)C(F)(F)F. The molecule has 2 aromatic heterocycles. The smallest absolute Gasteiger partial charge is 0.339 e. The molecule has 3 aromatic rings. The van der Waals surface area contributed by atoms with Crippen LogP contribution in [0.5, 0.6) is 0 Å². The average Bonchev–Trinajstić information content (AvgIpc) is 3.06. The molecule has 0 saturated heterocycles. The second-order valence-electron chi connectivity index (χ2n) is 6.71. The van der Waals surface area contributed by atoms with Crippen molar-refractivity contribution in [2.75, 3.05) is 18.0 Å². The van der Waals surface area contributed by atoms with Crippen molar-refractivity contribution in [3.63, 3.8) is 0 Å². The van der Waals surface area contributed by atoms with Crippen molar-refractivity contribution in [1.29, 1.82) is 0 Å². The molecule has 3 heterocycles. The van der Waals surface area contributed by atoms with Gasteiger partial charge in [0.25, 0.3) is 0 Å². The van der Waals surface area contributed by atoms with Gasteiger partial charge >= 0.3 is 6.18 Å². The quantitative estimate of drug-likeness (QED) is 0.679. The Balaban J connectivity index is 1.68. The van der Waals surface area contributed by atoms with E-state index in [1.807, 2.05) is 0 Å². The molecule has 5 nitrogen and oxygen atoms in total.